The van der Waals surface area contributed by atoms with Crippen LogP contribution in [0.1, 0.15) is 29.7 Å². The molecule has 1 aliphatic heterocycles. The summed E-state index contributed by atoms with van der Waals surface area (Å²) in [5, 5.41) is 0.865. The van der Waals surface area contributed by atoms with Gasteiger partial charge in [-0.2, -0.15) is 0 Å². The molecule has 2 aliphatic rings. The van der Waals surface area contributed by atoms with Crippen LogP contribution in [0, 0.1) is 0 Å². The quantitative estimate of drug-likeness (QED) is 0.589. The molecular weight excluding hydrogens is 373 g/mol. The number of nitrogens with zero attached hydrogens (tertiary/aromatic N) is 1. The lowest BCUT2D eigenvalue weighted by atomic mass is 9.88. The first kappa shape index (κ1) is 17.4. The van der Waals surface area contributed by atoms with Gasteiger partial charge in [-0.1, -0.05) is 53.5 Å². The van der Waals surface area contributed by atoms with Crippen molar-refractivity contribution in [3.63, 3.8) is 0 Å². The summed E-state index contributed by atoms with van der Waals surface area (Å²) < 4.78 is 5.30. The molecule has 1 heterocycles. The average molecular weight is 390 g/mol. The third-order valence-electron chi connectivity index (χ3n) is 5.09. The Morgan fingerprint density at radius 2 is 1.73 bits per heavy atom. The molecule has 4 rings (SSSR count). The van der Waals surface area contributed by atoms with Gasteiger partial charge in [-0.15, -0.1) is 0 Å². The second kappa shape index (κ2) is 6.60. The zero-order chi connectivity index (χ0) is 18.4. The van der Waals surface area contributed by atoms with E-state index in [1.165, 1.54) is 18.1 Å². The number of β-lactam (4-membered cyclic amide) rings is 1. The fourth-order valence-corrected chi connectivity index (χ4v) is 4.25. The summed E-state index contributed by atoms with van der Waals surface area (Å²) in [5.41, 5.74) is 3.34. The number of halogens is 2. The van der Waals surface area contributed by atoms with Crippen LogP contribution in [0.15, 0.2) is 42.5 Å². The van der Waals surface area contributed by atoms with Gasteiger partial charge >= 0.3 is 5.97 Å². The second-order valence-electron chi connectivity index (χ2n) is 6.72. The molecule has 0 bridgehead atoms. The molecule has 1 saturated heterocycles. The predicted molar refractivity (Wildman–Crippen MR) is 99.2 cm³/mol. The van der Waals surface area contributed by atoms with E-state index in [1.54, 1.807) is 12.1 Å². The fraction of sp³-hybridized carbons (Fsp3) is 0.300. The molecule has 6 heteroatoms. The minimum atomic E-state index is -0.812. The topological polar surface area (TPSA) is 46.6 Å². The van der Waals surface area contributed by atoms with E-state index in [0.29, 0.717) is 10.0 Å². The fourth-order valence-electron chi connectivity index (χ4n) is 3.95. The van der Waals surface area contributed by atoms with Gasteiger partial charge < -0.3 is 9.64 Å². The number of hydrogen-bond donors (Lipinski definition) is 0. The maximum absolute atomic E-state index is 12.8. The van der Waals surface area contributed by atoms with Gasteiger partial charge in [-0.25, -0.2) is 0 Å². The average Bonchev–Trinajstić information content (AvgIpc) is 3.02. The minimum Gasteiger partial charge on any atom is -0.450 e. The van der Waals surface area contributed by atoms with Crippen LogP contribution in [0.4, 0.5) is 0 Å². The Morgan fingerprint density at radius 1 is 1.08 bits per heavy atom. The number of fused-ring (bicyclic) bond motifs is 1. The highest BCUT2D eigenvalue weighted by Crippen LogP contribution is 2.43. The molecule has 1 amide bonds. The molecule has 0 saturated carbocycles. The van der Waals surface area contributed by atoms with E-state index in [0.717, 1.165) is 18.4 Å². The molecule has 26 heavy (non-hydrogen) atoms. The van der Waals surface area contributed by atoms with E-state index in [2.05, 4.69) is 12.1 Å². The molecule has 1 fully saturated rings. The number of rotatable bonds is 3. The van der Waals surface area contributed by atoms with Crippen molar-refractivity contribution < 1.29 is 14.3 Å². The van der Waals surface area contributed by atoms with E-state index in [1.807, 2.05) is 23.1 Å². The maximum Gasteiger partial charge on any atom is 0.303 e. The van der Waals surface area contributed by atoms with Crippen LogP contribution in [0.2, 0.25) is 10.0 Å². The Bertz CT molecular complexity index is 873. The van der Waals surface area contributed by atoms with Crippen LogP contribution >= 0.6 is 23.2 Å². The first-order chi connectivity index (χ1) is 12.5. The van der Waals surface area contributed by atoms with E-state index in [9.17, 15) is 9.59 Å². The zero-order valence-corrected chi connectivity index (χ0v) is 15.6. The first-order valence-electron chi connectivity index (χ1n) is 8.47. The van der Waals surface area contributed by atoms with Gasteiger partial charge in [0.25, 0.3) is 5.91 Å². The molecule has 0 radical (unpaired) electrons. The Morgan fingerprint density at radius 3 is 2.31 bits per heavy atom. The number of amides is 1. The maximum atomic E-state index is 12.8. The third kappa shape index (κ3) is 2.87. The van der Waals surface area contributed by atoms with Gasteiger partial charge in [0.1, 0.15) is 6.04 Å². The van der Waals surface area contributed by atoms with Crippen LogP contribution in [0.3, 0.4) is 0 Å². The SMILES string of the molecule is CC(=O)O[C@@H]1C(=O)N(C2Cc3ccccc3C2)[C@@H]1c1ccc(Cl)c(Cl)c1. The van der Waals surface area contributed by atoms with Crippen LogP contribution in [0.25, 0.3) is 0 Å². The van der Waals surface area contributed by atoms with Gasteiger partial charge in [0, 0.05) is 13.0 Å². The van der Waals surface area contributed by atoms with Gasteiger partial charge in [0.05, 0.1) is 10.0 Å². The smallest absolute Gasteiger partial charge is 0.303 e. The summed E-state index contributed by atoms with van der Waals surface area (Å²) >= 11 is 12.2. The lowest BCUT2D eigenvalue weighted by Crippen LogP contribution is -2.63. The number of carbonyl (C=O) groups excluding carboxylic acids is 2. The highest BCUT2D eigenvalue weighted by Gasteiger charge is 2.54. The Hall–Kier alpha value is -2.04. The van der Waals surface area contributed by atoms with E-state index in [-0.39, 0.29) is 18.0 Å². The first-order valence-corrected chi connectivity index (χ1v) is 9.22. The largest absolute Gasteiger partial charge is 0.450 e. The molecule has 2 aromatic carbocycles. The highest BCUT2D eigenvalue weighted by atomic mass is 35.5. The summed E-state index contributed by atoms with van der Waals surface area (Å²) in [7, 11) is 0. The molecule has 4 nitrogen and oxygen atoms in total. The van der Waals surface area contributed by atoms with Crippen molar-refractivity contribution in [2.45, 2.75) is 38.0 Å². The lowest BCUT2D eigenvalue weighted by Gasteiger charge is -2.49. The molecule has 134 valence electrons. The van der Waals surface area contributed by atoms with Crippen LogP contribution in [-0.2, 0) is 27.2 Å². The lowest BCUT2D eigenvalue weighted by molar-refractivity contribution is -0.186. The van der Waals surface area contributed by atoms with Crippen molar-refractivity contribution in [3.05, 3.63) is 69.2 Å². The van der Waals surface area contributed by atoms with Crippen LogP contribution in [-0.4, -0.2) is 28.9 Å². The Balaban J connectivity index is 1.66. The number of likely N-dealkylation sites (tertiary alicyclic amines) is 1. The van der Waals surface area contributed by atoms with Crippen molar-refractivity contribution in [1.82, 2.24) is 4.90 Å². The number of carbonyl (C=O) groups is 2. The van der Waals surface area contributed by atoms with E-state index in [4.69, 9.17) is 27.9 Å². The normalized spacial score (nSPS) is 22.1. The molecule has 0 unspecified atom stereocenters. The molecule has 0 spiro atoms. The van der Waals surface area contributed by atoms with Crippen molar-refractivity contribution in [3.8, 4) is 0 Å². The monoisotopic (exact) mass is 389 g/mol. The van der Waals surface area contributed by atoms with Crippen LogP contribution in [0.5, 0.6) is 0 Å². The number of ether oxygens (including phenoxy) is 1. The van der Waals surface area contributed by atoms with E-state index >= 15 is 0 Å². The Kier molecular flexibility index (Phi) is 4.41. The molecule has 0 aromatic heterocycles. The Labute approximate surface area is 161 Å². The molecule has 2 atom stereocenters. The summed E-state index contributed by atoms with van der Waals surface area (Å²) in [5.74, 6) is -0.628. The van der Waals surface area contributed by atoms with Crippen molar-refractivity contribution in [1.29, 1.82) is 0 Å². The summed E-state index contributed by atoms with van der Waals surface area (Å²) in [6, 6.07) is 13.2. The summed E-state index contributed by atoms with van der Waals surface area (Å²) in [6.45, 7) is 1.31. The summed E-state index contributed by atoms with van der Waals surface area (Å²) in [6.07, 6.45) is 0.785. The standard InChI is InChI=1S/C20H17Cl2NO3/c1-11(24)26-19-18(14-6-7-16(21)17(22)10-14)23(20(19)25)15-8-12-4-2-3-5-13(12)9-15/h2-7,10,15,18-19H,8-9H2,1H3/t18-,19+/m1/s1. The molecular formula is C20H17Cl2NO3. The van der Waals surface area contributed by atoms with Gasteiger partial charge in [0.15, 0.2) is 0 Å². The van der Waals surface area contributed by atoms with Crippen molar-refractivity contribution in [2.24, 2.45) is 0 Å². The number of benzene rings is 2. The van der Waals surface area contributed by atoms with Crippen molar-refractivity contribution >= 4 is 35.1 Å². The number of esters is 1. The molecule has 2 aromatic rings. The molecule has 0 N–H and O–H groups in total. The van der Waals surface area contributed by atoms with Gasteiger partial charge in [0.2, 0.25) is 6.10 Å². The molecule has 1 aliphatic carbocycles. The van der Waals surface area contributed by atoms with E-state index < -0.39 is 12.1 Å². The zero-order valence-electron chi connectivity index (χ0n) is 14.1. The minimum absolute atomic E-state index is 0.0474. The number of hydrogen-bond acceptors (Lipinski definition) is 3. The third-order valence-corrected chi connectivity index (χ3v) is 5.82. The van der Waals surface area contributed by atoms with Crippen LogP contribution < -0.4 is 0 Å². The predicted octanol–water partition coefficient (Wildman–Crippen LogP) is 3.98. The van der Waals surface area contributed by atoms with Crippen molar-refractivity contribution in [2.75, 3.05) is 0 Å². The van der Waals surface area contributed by atoms with Gasteiger partial charge in [-0.3, -0.25) is 9.59 Å². The highest BCUT2D eigenvalue weighted by molar-refractivity contribution is 6.42. The summed E-state index contributed by atoms with van der Waals surface area (Å²) in [4.78, 5) is 26.0. The van der Waals surface area contributed by atoms with Gasteiger partial charge in [-0.05, 0) is 41.7 Å². The second-order valence-corrected chi connectivity index (χ2v) is 7.54.